The monoisotopic (exact) mass is 280 g/mol. The summed E-state index contributed by atoms with van der Waals surface area (Å²) in [6.45, 7) is 5.94. The lowest BCUT2D eigenvalue weighted by Crippen LogP contribution is -2.49. The summed E-state index contributed by atoms with van der Waals surface area (Å²) in [5, 5.41) is 19.0. The van der Waals surface area contributed by atoms with Gasteiger partial charge in [0.1, 0.15) is 5.75 Å². The average molecular weight is 280 g/mol. The molecule has 0 bridgehead atoms. The number of phenols is 1. The van der Waals surface area contributed by atoms with Crippen LogP contribution in [-0.2, 0) is 11.2 Å². The molecule has 0 aromatic heterocycles. The number of aliphatic hydroxyl groups is 1. The molecule has 0 saturated heterocycles. The summed E-state index contributed by atoms with van der Waals surface area (Å²) < 4.78 is 0. The summed E-state index contributed by atoms with van der Waals surface area (Å²) in [7, 11) is 0. The van der Waals surface area contributed by atoms with Crippen LogP contribution < -0.4 is 5.73 Å². The summed E-state index contributed by atoms with van der Waals surface area (Å²) >= 11 is 0. The summed E-state index contributed by atoms with van der Waals surface area (Å²) in [4.78, 5) is 13.8. The van der Waals surface area contributed by atoms with Crippen LogP contribution in [-0.4, -0.2) is 45.8 Å². The van der Waals surface area contributed by atoms with Gasteiger partial charge in [0.15, 0.2) is 0 Å². The Morgan fingerprint density at radius 3 is 2.35 bits per heavy atom. The zero-order valence-corrected chi connectivity index (χ0v) is 12.3. The molecule has 1 amide bonds. The van der Waals surface area contributed by atoms with Crippen LogP contribution in [0.25, 0.3) is 0 Å². The largest absolute Gasteiger partial charge is 0.508 e. The maximum absolute atomic E-state index is 12.3. The normalized spacial score (nSPS) is 13.1. The Morgan fingerprint density at radius 1 is 1.35 bits per heavy atom. The number of nitrogens with two attached hydrogens (primary N) is 1. The molecule has 0 aliphatic carbocycles. The molecule has 0 saturated carbocycles. The van der Waals surface area contributed by atoms with Crippen LogP contribution in [0, 0.1) is 0 Å². The van der Waals surface area contributed by atoms with Crippen LogP contribution in [0.15, 0.2) is 24.3 Å². The Morgan fingerprint density at radius 2 is 1.90 bits per heavy atom. The molecule has 1 aromatic carbocycles. The quantitative estimate of drug-likeness (QED) is 0.722. The van der Waals surface area contributed by atoms with E-state index in [1.54, 1.807) is 43.0 Å². The number of hydrogen-bond acceptors (Lipinski definition) is 4. The molecule has 1 rings (SSSR count). The van der Waals surface area contributed by atoms with Gasteiger partial charge in [0.25, 0.3) is 0 Å². The van der Waals surface area contributed by atoms with E-state index in [1.165, 1.54) is 0 Å². The molecule has 4 N–H and O–H groups in total. The standard InChI is InChI=1S/C15H24N2O3/c1-4-17(10-15(2,3)20)14(19)13(16)9-11-5-7-12(18)8-6-11/h5-8,13,18,20H,4,9-10,16H2,1-3H3/t13-/m1/s1. The van der Waals surface area contributed by atoms with Gasteiger partial charge in [-0.05, 0) is 44.9 Å². The average Bonchev–Trinajstić information content (AvgIpc) is 2.36. The molecule has 0 unspecified atom stereocenters. The van der Waals surface area contributed by atoms with Crippen LogP contribution in [0.2, 0.25) is 0 Å². The molecule has 0 heterocycles. The number of aromatic hydroxyl groups is 1. The van der Waals surface area contributed by atoms with Gasteiger partial charge in [-0.1, -0.05) is 12.1 Å². The van der Waals surface area contributed by atoms with E-state index >= 15 is 0 Å². The first-order valence-corrected chi connectivity index (χ1v) is 6.77. The van der Waals surface area contributed by atoms with Crippen molar-refractivity contribution in [3.05, 3.63) is 29.8 Å². The van der Waals surface area contributed by atoms with Crippen molar-refractivity contribution in [3.63, 3.8) is 0 Å². The highest BCUT2D eigenvalue weighted by atomic mass is 16.3. The maximum Gasteiger partial charge on any atom is 0.239 e. The first-order valence-electron chi connectivity index (χ1n) is 6.77. The Labute approximate surface area is 120 Å². The highest BCUT2D eigenvalue weighted by Crippen LogP contribution is 2.12. The van der Waals surface area contributed by atoms with Crippen molar-refractivity contribution in [1.29, 1.82) is 0 Å². The fraction of sp³-hybridized carbons (Fsp3) is 0.533. The number of amides is 1. The van der Waals surface area contributed by atoms with E-state index in [0.29, 0.717) is 13.0 Å². The Kier molecular flexibility index (Phi) is 5.53. The SMILES string of the molecule is CCN(CC(C)(C)O)C(=O)[C@H](N)Cc1ccc(O)cc1. The van der Waals surface area contributed by atoms with Crippen molar-refractivity contribution in [2.24, 2.45) is 5.73 Å². The molecule has 0 aliphatic rings. The van der Waals surface area contributed by atoms with E-state index < -0.39 is 11.6 Å². The van der Waals surface area contributed by atoms with Gasteiger partial charge in [0, 0.05) is 13.1 Å². The molecule has 1 aromatic rings. The predicted octanol–water partition coefficient (Wildman–Crippen LogP) is 0.881. The van der Waals surface area contributed by atoms with Crippen LogP contribution in [0.4, 0.5) is 0 Å². The van der Waals surface area contributed by atoms with E-state index in [0.717, 1.165) is 5.56 Å². The molecule has 0 spiro atoms. The minimum absolute atomic E-state index is 0.178. The molecule has 112 valence electrons. The fourth-order valence-corrected chi connectivity index (χ4v) is 2.02. The third-order valence-electron chi connectivity index (χ3n) is 2.98. The van der Waals surface area contributed by atoms with Gasteiger partial charge in [-0.3, -0.25) is 4.79 Å². The lowest BCUT2D eigenvalue weighted by Gasteiger charge is -2.30. The Hall–Kier alpha value is -1.59. The van der Waals surface area contributed by atoms with Crippen molar-refractivity contribution >= 4 is 5.91 Å². The molecule has 5 nitrogen and oxygen atoms in total. The van der Waals surface area contributed by atoms with Gasteiger partial charge in [-0.15, -0.1) is 0 Å². The van der Waals surface area contributed by atoms with Crippen LogP contribution >= 0.6 is 0 Å². The second kappa shape index (κ2) is 6.72. The van der Waals surface area contributed by atoms with Crippen LogP contribution in [0.3, 0.4) is 0 Å². The number of carbonyl (C=O) groups excluding carboxylic acids is 1. The first kappa shape index (κ1) is 16.5. The van der Waals surface area contributed by atoms with Gasteiger partial charge < -0.3 is 20.8 Å². The van der Waals surface area contributed by atoms with Gasteiger partial charge in [0.2, 0.25) is 5.91 Å². The first-order chi connectivity index (χ1) is 9.23. The van der Waals surface area contributed by atoms with Crippen LogP contribution in [0.1, 0.15) is 26.3 Å². The fourth-order valence-electron chi connectivity index (χ4n) is 2.02. The second-order valence-electron chi connectivity index (χ2n) is 5.64. The van der Waals surface area contributed by atoms with E-state index in [-0.39, 0.29) is 18.2 Å². The third kappa shape index (κ3) is 5.19. The van der Waals surface area contributed by atoms with E-state index in [4.69, 9.17) is 5.73 Å². The lowest BCUT2D eigenvalue weighted by molar-refractivity contribution is -0.135. The van der Waals surface area contributed by atoms with Gasteiger partial charge in [-0.2, -0.15) is 0 Å². The van der Waals surface area contributed by atoms with Crippen LogP contribution in [0.5, 0.6) is 5.75 Å². The van der Waals surface area contributed by atoms with Gasteiger partial charge in [-0.25, -0.2) is 0 Å². The van der Waals surface area contributed by atoms with Crippen molar-refractivity contribution in [2.45, 2.75) is 38.8 Å². The highest BCUT2D eigenvalue weighted by Gasteiger charge is 2.25. The molecular weight excluding hydrogens is 256 g/mol. The Bertz CT molecular complexity index is 437. The molecular formula is C15H24N2O3. The molecule has 0 fully saturated rings. The minimum atomic E-state index is -0.941. The zero-order chi connectivity index (χ0) is 15.3. The van der Waals surface area contributed by atoms with Crippen molar-refractivity contribution in [3.8, 4) is 5.75 Å². The molecule has 0 aliphatic heterocycles. The molecule has 5 heteroatoms. The highest BCUT2D eigenvalue weighted by molar-refractivity contribution is 5.82. The number of likely N-dealkylation sites (N-methyl/N-ethyl adjacent to an activating group) is 1. The topological polar surface area (TPSA) is 86.8 Å². The third-order valence-corrected chi connectivity index (χ3v) is 2.98. The van der Waals surface area contributed by atoms with Gasteiger partial charge >= 0.3 is 0 Å². The minimum Gasteiger partial charge on any atom is -0.508 e. The van der Waals surface area contributed by atoms with E-state index in [2.05, 4.69) is 0 Å². The smallest absolute Gasteiger partial charge is 0.239 e. The summed E-state index contributed by atoms with van der Waals surface area (Å²) in [6.07, 6.45) is 0.404. The number of benzene rings is 1. The number of hydrogen-bond donors (Lipinski definition) is 3. The predicted molar refractivity (Wildman–Crippen MR) is 78.3 cm³/mol. The summed E-state index contributed by atoms with van der Waals surface area (Å²) in [5.41, 5.74) is 5.90. The van der Waals surface area contributed by atoms with Gasteiger partial charge in [0.05, 0.1) is 11.6 Å². The molecule has 20 heavy (non-hydrogen) atoms. The summed E-state index contributed by atoms with van der Waals surface area (Å²) in [5.74, 6) is 0.00793. The number of nitrogens with zero attached hydrogens (tertiary/aromatic N) is 1. The van der Waals surface area contributed by atoms with E-state index in [9.17, 15) is 15.0 Å². The van der Waals surface area contributed by atoms with E-state index in [1.807, 2.05) is 6.92 Å². The van der Waals surface area contributed by atoms with Crippen molar-refractivity contribution < 1.29 is 15.0 Å². The van der Waals surface area contributed by atoms with Crippen molar-refractivity contribution in [2.75, 3.05) is 13.1 Å². The number of phenolic OH excluding ortho intramolecular Hbond substituents is 1. The second-order valence-corrected chi connectivity index (χ2v) is 5.64. The lowest BCUT2D eigenvalue weighted by atomic mass is 10.0. The maximum atomic E-state index is 12.3. The van der Waals surface area contributed by atoms with Crippen molar-refractivity contribution in [1.82, 2.24) is 4.90 Å². The number of rotatable bonds is 6. The zero-order valence-electron chi connectivity index (χ0n) is 12.3. The Balaban J connectivity index is 2.67. The molecule has 1 atom stereocenters. The molecule has 0 radical (unpaired) electrons. The summed E-state index contributed by atoms with van der Waals surface area (Å²) in [6, 6.07) is 5.98. The number of carbonyl (C=O) groups is 1.